The molecule has 4 nitrogen and oxygen atoms in total. The molecule has 2 rings (SSSR count). The molecule has 0 fully saturated rings. The summed E-state index contributed by atoms with van der Waals surface area (Å²) in [5, 5.41) is 8.92. The van der Waals surface area contributed by atoms with Crippen molar-refractivity contribution in [2.45, 2.75) is 0 Å². The van der Waals surface area contributed by atoms with Crippen LogP contribution in [0.4, 0.5) is 11.4 Å². The lowest BCUT2D eigenvalue weighted by atomic mass is 10.1. The standard InChI is InChI=1S/C11H14N2O2/c1-12-8-11(15)13(6-7-14)10-5-3-2-4-9(10)12/h2-5,14H,6-8H2,1H3. The van der Waals surface area contributed by atoms with E-state index in [9.17, 15) is 4.79 Å². The number of nitrogens with zero attached hydrogens (tertiary/aromatic N) is 2. The van der Waals surface area contributed by atoms with Crippen LogP contribution in [0.25, 0.3) is 0 Å². The fourth-order valence-corrected chi connectivity index (χ4v) is 1.87. The van der Waals surface area contributed by atoms with E-state index in [4.69, 9.17) is 5.11 Å². The Morgan fingerprint density at radius 1 is 1.33 bits per heavy atom. The number of aliphatic hydroxyl groups excluding tert-OH is 1. The van der Waals surface area contributed by atoms with Gasteiger partial charge in [-0.2, -0.15) is 0 Å². The van der Waals surface area contributed by atoms with E-state index < -0.39 is 0 Å². The van der Waals surface area contributed by atoms with Gasteiger partial charge in [0, 0.05) is 13.6 Å². The van der Waals surface area contributed by atoms with E-state index in [-0.39, 0.29) is 12.5 Å². The van der Waals surface area contributed by atoms with Gasteiger partial charge in [-0.05, 0) is 12.1 Å². The third-order valence-electron chi connectivity index (χ3n) is 2.58. The van der Waals surface area contributed by atoms with Crippen molar-refractivity contribution in [3.8, 4) is 0 Å². The largest absolute Gasteiger partial charge is 0.395 e. The molecular weight excluding hydrogens is 192 g/mol. The normalized spacial score (nSPS) is 15.5. The summed E-state index contributed by atoms with van der Waals surface area (Å²) in [5.41, 5.74) is 1.91. The summed E-state index contributed by atoms with van der Waals surface area (Å²) in [6.45, 7) is 0.727. The second-order valence-corrected chi connectivity index (χ2v) is 3.61. The Morgan fingerprint density at radius 3 is 2.67 bits per heavy atom. The van der Waals surface area contributed by atoms with E-state index in [0.29, 0.717) is 13.1 Å². The summed E-state index contributed by atoms with van der Waals surface area (Å²) in [5.74, 6) is 0.0326. The Morgan fingerprint density at radius 2 is 2.00 bits per heavy atom. The number of hydrogen-bond acceptors (Lipinski definition) is 3. The lowest BCUT2D eigenvalue weighted by Crippen LogP contribution is -2.45. The Kier molecular flexibility index (Phi) is 2.60. The lowest BCUT2D eigenvalue weighted by molar-refractivity contribution is -0.117. The molecule has 1 aliphatic heterocycles. The van der Waals surface area contributed by atoms with Gasteiger partial charge in [-0.25, -0.2) is 0 Å². The van der Waals surface area contributed by atoms with Crippen LogP contribution >= 0.6 is 0 Å². The molecule has 15 heavy (non-hydrogen) atoms. The van der Waals surface area contributed by atoms with Crippen LogP contribution in [0.15, 0.2) is 24.3 Å². The summed E-state index contributed by atoms with van der Waals surface area (Å²) in [6, 6.07) is 7.72. The van der Waals surface area contributed by atoms with Crippen LogP contribution in [-0.4, -0.2) is 37.8 Å². The van der Waals surface area contributed by atoms with E-state index in [2.05, 4.69) is 0 Å². The summed E-state index contributed by atoms with van der Waals surface area (Å²) in [4.78, 5) is 15.3. The van der Waals surface area contributed by atoms with Crippen LogP contribution in [0, 0.1) is 0 Å². The number of carbonyl (C=O) groups excluding carboxylic acids is 1. The first-order valence-electron chi connectivity index (χ1n) is 4.95. The maximum Gasteiger partial charge on any atom is 0.246 e. The highest BCUT2D eigenvalue weighted by Gasteiger charge is 2.25. The molecule has 0 saturated heterocycles. The van der Waals surface area contributed by atoms with Crippen molar-refractivity contribution in [2.24, 2.45) is 0 Å². The van der Waals surface area contributed by atoms with E-state index in [1.807, 2.05) is 36.2 Å². The number of fused-ring (bicyclic) bond motifs is 1. The molecule has 1 aliphatic rings. The Bertz CT molecular complexity index is 379. The summed E-state index contributed by atoms with van der Waals surface area (Å²) in [6.07, 6.45) is 0. The monoisotopic (exact) mass is 206 g/mol. The lowest BCUT2D eigenvalue weighted by Gasteiger charge is -2.34. The second kappa shape index (κ2) is 3.90. The first kappa shape index (κ1) is 9.98. The molecule has 1 heterocycles. The first-order valence-corrected chi connectivity index (χ1v) is 4.95. The van der Waals surface area contributed by atoms with Crippen LogP contribution in [0.1, 0.15) is 0 Å². The van der Waals surface area contributed by atoms with Gasteiger partial charge in [0.25, 0.3) is 0 Å². The molecule has 80 valence electrons. The number of likely N-dealkylation sites (N-methyl/N-ethyl adjacent to an activating group) is 1. The quantitative estimate of drug-likeness (QED) is 0.764. The number of benzene rings is 1. The first-order chi connectivity index (χ1) is 7.24. The van der Waals surface area contributed by atoms with Gasteiger partial charge >= 0.3 is 0 Å². The van der Waals surface area contributed by atoms with Crippen molar-refractivity contribution in [3.05, 3.63) is 24.3 Å². The zero-order valence-corrected chi connectivity index (χ0v) is 8.68. The molecule has 0 aliphatic carbocycles. The third-order valence-corrected chi connectivity index (χ3v) is 2.58. The van der Waals surface area contributed by atoms with Crippen molar-refractivity contribution < 1.29 is 9.90 Å². The van der Waals surface area contributed by atoms with Gasteiger partial charge in [-0.3, -0.25) is 4.79 Å². The van der Waals surface area contributed by atoms with Crippen molar-refractivity contribution >= 4 is 17.3 Å². The molecule has 1 amide bonds. The molecule has 0 atom stereocenters. The number of anilines is 2. The van der Waals surface area contributed by atoms with Crippen LogP contribution in [-0.2, 0) is 4.79 Å². The zero-order valence-electron chi connectivity index (χ0n) is 8.68. The van der Waals surface area contributed by atoms with Crippen molar-refractivity contribution in [3.63, 3.8) is 0 Å². The summed E-state index contributed by atoms with van der Waals surface area (Å²) < 4.78 is 0. The molecule has 0 bridgehead atoms. The average molecular weight is 206 g/mol. The topological polar surface area (TPSA) is 43.8 Å². The molecule has 0 radical (unpaired) electrons. The third kappa shape index (κ3) is 1.68. The maximum atomic E-state index is 11.7. The van der Waals surface area contributed by atoms with Crippen molar-refractivity contribution in [2.75, 3.05) is 36.5 Å². The van der Waals surface area contributed by atoms with Gasteiger partial charge in [0.1, 0.15) is 0 Å². The van der Waals surface area contributed by atoms with Gasteiger partial charge in [0.15, 0.2) is 0 Å². The Labute approximate surface area is 88.7 Å². The number of rotatable bonds is 2. The van der Waals surface area contributed by atoms with Gasteiger partial charge in [-0.1, -0.05) is 12.1 Å². The molecule has 4 heteroatoms. The van der Waals surface area contributed by atoms with Crippen LogP contribution in [0.2, 0.25) is 0 Å². The summed E-state index contributed by atoms with van der Waals surface area (Å²) in [7, 11) is 1.90. The predicted molar refractivity (Wildman–Crippen MR) is 59.2 cm³/mol. The maximum absolute atomic E-state index is 11.7. The SMILES string of the molecule is CN1CC(=O)N(CCO)c2ccccc21. The molecule has 1 N–H and O–H groups in total. The molecule has 0 unspecified atom stereocenters. The van der Waals surface area contributed by atoms with E-state index in [1.165, 1.54) is 0 Å². The van der Waals surface area contributed by atoms with Crippen LogP contribution < -0.4 is 9.80 Å². The van der Waals surface area contributed by atoms with Crippen LogP contribution in [0.3, 0.4) is 0 Å². The highest BCUT2D eigenvalue weighted by molar-refractivity contribution is 6.03. The zero-order chi connectivity index (χ0) is 10.8. The second-order valence-electron chi connectivity index (χ2n) is 3.61. The minimum atomic E-state index is -0.0101. The number of para-hydroxylation sites is 2. The van der Waals surface area contributed by atoms with E-state index >= 15 is 0 Å². The number of aliphatic hydroxyl groups is 1. The Hall–Kier alpha value is -1.55. The number of hydrogen-bond donors (Lipinski definition) is 1. The highest BCUT2D eigenvalue weighted by Crippen LogP contribution is 2.31. The molecular formula is C11H14N2O2. The minimum Gasteiger partial charge on any atom is -0.395 e. The van der Waals surface area contributed by atoms with E-state index in [0.717, 1.165) is 11.4 Å². The van der Waals surface area contributed by atoms with Crippen LogP contribution in [0.5, 0.6) is 0 Å². The predicted octanol–water partition coefficient (Wildman–Crippen LogP) is 0.462. The molecule has 0 spiro atoms. The summed E-state index contributed by atoms with van der Waals surface area (Å²) >= 11 is 0. The number of amides is 1. The molecule has 1 aromatic rings. The fraction of sp³-hybridized carbons (Fsp3) is 0.364. The smallest absolute Gasteiger partial charge is 0.246 e. The molecule has 0 saturated carbocycles. The van der Waals surface area contributed by atoms with Gasteiger partial charge in [0.2, 0.25) is 5.91 Å². The van der Waals surface area contributed by atoms with Gasteiger partial charge < -0.3 is 14.9 Å². The van der Waals surface area contributed by atoms with Crippen molar-refractivity contribution in [1.82, 2.24) is 0 Å². The minimum absolute atomic E-state index is 0.0101. The molecule has 1 aromatic carbocycles. The van der Waals surface area contributed by atoms with Crippen molar-refractivity contribution in [1.29, 1.82) is 0 Å². The number of carbonyl (C=O) groups is 1. The highest BCUT2D eigenvalue weighted by atomic mass is 16.3. The van der Waals surface area contributed by atoms with Gasteiger partial charge in [-0.15, -0.1) is 0 Å². The fourth-order valence-electron chi connectivity index (χ4n) is 1.87. The van der Waals surface area contributed by atoms with E-state index in [1.54, 1.807) is 4.90 Å². The molecule has 0 aromatic heterocycles. The Balaban J connectivity index is 2.42. The van der Waals surface area contributed by atoms with Gasteiger partial charge in [0.05, 0.1) is 24.5 Å². The average Bonchev–Trinajstić information content (AvgIpc) is 2.24. The number of β-amino-alcohol motifs (C(OH)–C–C–N with tert-alkyl or cyclic N) is 1.